The molecule has 106 valence electrons. The van der Waals surface area contributed by atoms with Gasteiger partial charge in [-0.15, -0.1) is 0 Å². The molecule has 0 spiro atoms. The van der Waals surface area contributed by atoms with Gasteiger partial charge in [0, 0.05) is 18.5 Å². The highest BCUT2D eigenvalue weighted by atomic mass is 16.5. The van der Waals surface area contributed by atoms with Gasteiger partial charge in [-0.25, -0.2) is 4.98 Å². The molecule has 0 saturated carbocycles. The highest BCUT2D eigenvalue weighted by Crippen LogP contribution is 2.19. The first kappa shape index (κ1) is 12.9. The largest absolute Gasteiger partial charge is 0.361 e. The fraction of sp³-hybridized carbons (Fsp3) is 0.500. The summed E-state index contributed by atoms with van der Waals surface area (Å²) in [6, 6.07) is 0. The number of hydrogen-bond donors (Lipinski definition) is 1. The molecule has 20 heavy (non-hydrogen) atoms. The van der Waals surface area contributed by atoms with E-state index in [1.807, 2.05) is 25.7 Å². The van der Waals surface area contributed by atoms with Gasteiger partial charge in [0.05, 0.1) is 30.0 Å². The molecule has 1 aliphatic heterocycles. The third-order valence-electron chi connectivity index (χ3n) is 3.81. The van der Waals surface area contributed by atoms with Crippen LogP contribution in [0.2, 0.25) is 0 Å². The Balaban J connectivity index is 1.73. The van der Waals surface area contributed by atoms with Crippen LogP contribution < -0.4 is 0 Å². The molecule has 1 aliphatic rings. The zero-order chi connectivity index (χ0) is 14.3. The van der Waals surface area contributed by atoms with E-state index in [9.17, 15) is 4.79 Å². The lowest BCUT2D eigenvalue weighted by Crippen LogP contribution is -2.37. The predicted octanol–water partition coefficient (Wildman–Crippen LogP) is 1.45. The summed E-state index contributed by atoms with van der Waals surface area (Å²) in [7, 11) is 0. The first-order valence-electron chi connectivity index (χ1n) is 6.78. The molecule has 1 N–H and O–H groups in total. The van der Waals surface area contributed by atoms with Crippen LogP contribution >= 0.6 is 0 Å². The number of amides is 1. The number of fused-ring (bicyclic) bond motifs is 1. The molecule has 3 rings (SSSR count). The lowest BCUT2D eigenvalue weighted by Gasteiger charge is -2.26. The molecule has 2 aromatic rings. The summed E-state index contributed by atoms with van der Waals surface area (Å²) in [5.74, 6) is 1.75. The Morgan fingerprint density at radius 2 is 2.20 bits per heavy atom. The molecule has 6 nitrogen and oxygen atoms in total. The van der Waals surface area contributed by atoms with E-state index in [1.165, 1.54) is 0 Å². The fourth-order valence-electron chi connectivity index (χ4n) is 2.67. The Bertz CT molecular complexity index is 637. The van der Waals surface area contributed by atoms with Crippen LogP contribution in [0.4, 0.5) is 0 Å². The minimum atomic E-state index is 0.109. The molecule has 0 fully saturated rings. The van der Waals surface area contributed by atoms with Crippen molar-refractivity contribution in [3.8, 4) is 0 Å². The van der Waals surface area contributed by atoms with Crippen molar-refractivity contribution in [2.45, 2.75) is 40.2 Å². The summed E-state index contributed by atoms with van der Waals surface area (Å²) in [6.07, 6.45) is 1.16. The Hall–Kier alpha value is -2.11. The standard InChI is InChI=1S/C14H18N4O2/c1-8-11(9(2)20-17-8)6-14(19)18-5-4-12-13(7-18)16-10(3)15-12/h4-7H2,1-3H3,(H,15,16). The van der Waals surface area contributed by atoms with Crippen LogP contribution in [-0.2, 0) is 24.2 Å². The summed E-state index contributed by atoms with van der Waals surface area (Å²) in [5.41, 5.74) is 3.84. The van der Waals surface area contributed by atoms with Gasteiger partial charge in [-0.2, -0.15) is 0 Å². The zero-order valence-corrected chi connectivity index (χ0v) is 12.0. The Morgan fingerprint density at radius 3 is 2.90 bits per heavy atom. The van der Waals surface area contributed by atoms with E-state index in [0.29, 0.717) is 13.0 Å². The second kappa shape index (κ2) is 4.77. The minimum absolute atomic E-state index is 0.109. The zero-order valence-electron chi connectivity index (χ0n) is 12.0. The summed E-state index contributed by atoms with van der Waals surface area (Å²) < 4.78 is 5.11. The number of nitrogens with one attached hydrogen (secondary N) is 1. The Labute approximate surface area is 117 Å². The highest BCUT2D eigenvalue weighted by Gasteiger charge is 2.24. The number of aromatic nitrogens is 3. The van der Waals surface area contributed by atoms with E-state index in [-0.39, 0.29) is 5.91 Å². The van der Waals surface area contributed by atoms with Crippen LogP contribution in [0.5, 0.6) is 0 Å². The summed E-state index contributed by atoms with van der Waals surface area (Å²) in [4.78, 5) is 21.9. The van der Waals surface area contributed by atoms with Crippen molar-refractivity contribution >= 4 is 5.91 Å². The second-order valence-electron chi connectivity index (χ2n) is 5.29. The molecule has 0 saturated heterocycles. The molecule has 2 aromatic heterocycles. The number of aryl methyl sites for hydroxylation is 3. The molecule has 0 radical (unpaired) electrons. The molecule has 6 heteroatoms. The Morgan fingerprint density at radius 1 is 1.40 bits per heavy atom. The van der Waals surface area contributed by atoms with E-state index in [0.717, 1.165) is 47.2 Å². The van der Waals surface area contributed by atoms with Gasteiger partial charge in [-0.05, 0) is 20.8 Å². The number of imidazole rings is 1. The number of rotatable bonds is 2. The maximum Gasteiger partial charge on any atom is 0.227 e. The SMILES string of the molecule is Cc1nc2c([nH]1)CN(C(=O)Cc1c(C)noc1C)CC2. The second-order valence-corrected chi connectivity index (χ2v) is 5.29. The van der Waals surface area contributed by atoms with E-state index < -0.39 is 0 Å². The maximum atomic E-state index is 12.4. The predicted molar refractivity (Wildman–Crippen MR) is 72.1 cm³/mol. The third kappa shape index (κ3) is 2.21. The van der Waals surface area contributed by atoms with Crippen molar-refractivity contribution in [1.82, 2.24) is 20.0 Å². The van der Waals surface area contributed by atoms with E-state index in [1.54, 1.807) is 0 Å². The first-order chi connectivity index (χ1) is 9.54. The average Bonchev–Trinajstić information content (AvgIpc) is 2.93. The van der Waals surface area contributed by atoms with Crippen molar-refractivity contribution < 1.29 is 9.32 Å². The molecular formula is C14H18N4O2. The molecule has 0 unspecified atom stereocenters. The lowest BCUT2D eigenvalue weighted by atomic mass is 10.1. The van der Waals surface area contributed by atoms with Gasteiger partial charge in [-0.1, -0.05) is 5.16 Å². The van der Waals surface area contributed by atoms with Crippen molar-refractivity contribution in [2.75, 3.05) is 6.54 Å². The summed E-state index contributed by atoms with van der Waals surface area (Å²) in [5, 5.41) is 3.89. The molecule has 0 aliphatic carbocycles. The van der Waals surface area contributed by atoms with Gasteiger partial charge in [-0.3, -0.25) is 4.79 Å². The molecule has 3 heterocycles. The number of H-pyrrole nitrogens is 1. The lowest BCUT2D eigenvalue weighted by molar-refractivity contribution is -0.131. The molecular weight excluding hydrogens is 256 g/mol. The van der Waals surface area contributed by atoms with Crippen LogP contribution in [0.1, 0.15) is 34.2 Å². The van der Waals surface area contributed by atoms with Gasteiger partial charge in [0.1, 0.15) is 11.6 Å². The smallest absolute Gasteiger partial charge is 0.227 e. The highest BCUT2D eigenvalue weighted by molar-refractivity contribution is 5.79. The topological polar surface area (TPSA) is 75.0 Å². The van der Waals surface area contributed by atoms with E-state index >= 15 is 0 Å². The monoisotopic (exact) mass is 274 g/mol. The van der Waals surface area contributed by atoms with E-state index in [2.05, 4.69) is 15.1 Å². The van der Waals surface area contributed by atoms with Gasteiger partial charge < -0.3 is 14.4 Å². The van der Waals surface area contributed by atoms with Crippen molar-refractivity contribution in [1.29, 1.82) is 0 Å². The Kier molecular flexibility index (Phi) is 3.08. The average molecular weight is 274 g/mol. The maximum absolute atomic E-state index is 12.4. The minimum Gasteiger partial charge on any atom is -0.361 e. The molecule has 0 atom stereocenters. The summed E-state index contributed by atoms with van der Waals surface area (Å²) in [6.45, 7) is 6.98. The van der Waals surface area contributed by atoms with Gasteiger partial charge in [0.25, 0.3) is 0 Å². The third-order valence-corrected chi connectivity index (χ3v) is 3.81. The van der Waals surface area contributed by atoms with Crippen molar-refractivity contribution in [2.24, 2.45) is 0 Å². The van der Waals surface area contributed by atoms with Crippen LogP contribution in [-0.4, -0.2) is 32.5 Å². The number of carbonyl (C=O) groups excluding carboxylic acids is 1. The quantitative estimate of drug-likeness (QED) is 0.899. The van der Waals surface area contributed by atoms with Crippen molar-refractivity contribution in [3.63, 3.8) is 0 Å². The van der Waals surface area contributed by atoms with Gasteiger partial charge in [0.2, 0.25) is 5.91 Å². The number of aromatic amines is 1. The number of carbonyl (C=O) groups is 1. The van der Waals surface area contributed by atoms with Gasteiger partial charge >= 0.3 is 0 Å². The summed E-state index contributed by atoms with van der Waals surface area (Å²) >= 11 is 0. The first-order valence-corrected chi connectivity index (χ1v) is 6.78. The van der Waals surface area contributed by atoms with E-state index in [4.69, 9.17) is 4.52 Å². The molecule has 1 amide bonds. The van der Waals surface area contributed by atoms with Crippen LogP contribution in [0, 0.1) is 20.8 Å². The fourth-order valence-corrected chi connectivity index (χ4v) is 2.67. The van der Waals surface area contributed by atoms with Crippen LogP contribution in [0.15, 0.2) is 4.52 Å². The van der Waals surface area contributed by atoms with Crippen LogP contribution in [0.25, 0.3) is 0 Å². The number of hydrogen-bond acceptors (Lipinski definition) is 4. The molecule has 0 aromatic carbocycles. The van der Waals surface area contributed by atoms with Crippen LogP contribution in [0.3, 0.4) is 0 Å². The molecule has 0 bridgehead atoms. The van der Waals surface area contributed by atoms with Gasteiger partial charge in [0.15, 0.2) is 0 Å². The normalized spacial score (nSPS) is 14.4. The van der Waals surface area contributed by atoms with Crippen molar-refractivity contribution in [3.05, 3.63) is 34.2 Å². The number of nitrogens with zero attached hydrogens (tertiary/aromatic N) is 3.